The molecule has 2 nitrogen and oxygen atoms in total. The van der Waals surface area contributed by atoms with E-state index in [0.717, 1.165) is 30.4 Å². The second-order valence-electron chi connectivity index (χ2n) is 4.74. The number of thiocarbonyl (C=S) groups is 2. The Morgan fingerprint density at radius 3 is 1.91 bits per heavy atom. The van der Waals surface area contributed by atoms with Crippen LogP contribution in [0.25, 0.3) is 0 Å². The first kappa shape index (κ1) is 21.2. The zero-order valence-corrected chi connectivity index (χ0v) is 14.2. The van der Waals surface area contributed by atoms with E-state index in [2.05, 4.69) is 19.1 Å². The summed E-state index contributed by atoms with van der Waals surface area (Å²) in [7, 11) is 0. The van der Waals surface area contributed by atoms with Crippen LogP contribution in [-0.4, -0.2) is 20.3 Å². The van der Waals surface area contributed by atoms with Gasteiger partial charge in [-0.1, -0.05) is 75.4 Å². The second-order valence-corrected chi connectivity index (χ2v) is 5.51. The Kier molecular flexibility index (Phi) is 10.8. The first-order valence-electron chi connectivity index (χ1n) is 7.15. The molecule has 2 aromatic rings. The maximum atomic E-state index is 9.24. The van der Waals surface area contributed by atoms with Crippen molar-refractivity contribution in [3.8, 4) is 0 Å². The van der Waals surface area contributed by atoms with Crippen molar-refractivity contribution in [2.45, 2.75) is 33.6 Å². The first-order valence-corrected chi connectivity index (χ1v) is 7.97. The average Bonchev–Trinajstić information content (AvgIpc) is 2.54. The van der Waals surface area contributed by atoms with Crippen LogP contribution in [0.15, 0.2) is 54.6 Å². The third kappa shape index (κ3) is 7.86. The largest absolute Gasteiger partial charge is 0.499 e. The maximum Gasteiger partial charge on any atom is 0.188 e. The van der Waals surface area contributed by atoms with Crippen molar-refractivity contribution in [3.63, 3.8) is 0 Å². The van der Waals surface area contributed by atoms with Crippen LogP contribution < -0.4 is 0 Å². The molecule has 0 radical (unpaired) electrons. The van der Waals surface area contributed by atoms with Gasteiger partial charge >= 0.3 is 0 Å². The van der Waals surface area contributed by atoms with E-state index < -0.39 is 0 Å². The van der Waals surface area contributed by atoms with Gasteiger partial charge in [-0.05, 0) is 42.8 Å². The van der Waals surface area contributed by atoms with E-state index in [0.29, 0.717) is 5.56 Å². The van der Waals surface area contributed by atoms with Crippen LogP contribution in [0.5, 0.6) is 0 Å². The predicted octanol–water partition coefficient (Wildman–Crippen LogP) is 5.82. The molecule has 0 aliphatic rings. The van der Waals surface area contributed by atoms with Gasteiger partial charge in [0.05, 0.1) is 0 Å². The molecule has 0 saturated heterocycles. The lowest BCUT2D eigenvalue weighted by Crippen LogP contribution is -2.00. The van der Waals surface area contributed by atoms with Crippen LogP contribution in [0.2, 0.25) is 0 Å². The Morgan fingerprint density at radius 2 is 1.43 bits per heavy atom. The van der Waals surface area contributed by atoms with Gasteiger partial charge in [-0.2, -0.15) is 0 Å². The highest BCUT2D eigenvalue weighted by molar-refractivity contribution is 7.80. The third-order valence-corrected chi connectivity index (χ3v) is 3.52. The summed E-state index contributed by atoms with van der Waals surface area (Å²) in [6.45, 7) is 2.15. The molecule has 0 heterocycles. The number of aryl methyl sites for hydroxylation is 1. The lowest BCUT2D eigenvalue weighted by Gasteiger charge is -2.05. The van der Waals surface area contributed by atoms with Gasteiger partial charge in [0, 0.05) is 11.1 Å². The summed E-state index contributed by atoms with van der Waals surface area (Å²) in [4.78, 5) is 0. The monoisotopic (exact) mass is 348 g/mol. The highest BCUT2D eigenvalue weighted by Gasteiger charge is 2.04. The molecular weight excluding hydrogens is 324 g/mol. The number of rotatable bonds is 5. The van der Waals surface area contributed by atoms with Gasteiger partial charge in [0.15, 0.2) is 10.1 Å². The van der Waals surface area contributed by atoms with E-state index in [9.17, 15) is 5.11 Å². The van der Waals surface area contributed by atoms with Crippen molar-refractivity contribution in [2.24, 2.45) is 0 Å². The number of benzene rings is 2. The minimum absolute atomic E-state index is 0. The van der Waals surface area contributed by atoms with E-state index >= 15 is 0 Å². The van der Waals surface area contributed by atoms with E-state index in [4.69, 9.17) is 17.3 Å². The summed E-state index contributed by atoms with van der Waals surface area (Å²) >= 11 is 9.27. The lowest BCUT2D eigenvalue weighted by molar-refractivity contribution is 0.569. The normalized spacial score (nSPS) is 9.09. The van der Waals surface area contributed by atoms with E-state index in [1.165, 1.54) is 0 Å². The Bertz CT molecular complexity index is 610. The van der Waals surface area contributed by atoms with E-state index in [-0.39, 0.29) is 17.5 Å². The molecule has 0 bridgehead atoms. The topological polar surface area (TPSA) is 40.5 Å². The molecule has 0 spiro atoms. The molecular formula is C19H24O2S2. The minimum Gasteiger partial charge on any atom is -0.499 e. The van der Waals surface area contributed by atoms with Crippen LogP contribution in [-0.2, 0) is 6.42 Å². The van der Waals surface area contributed by atoms with Crippen molar-refractivity contribution in [1.29, 1.82) is 0 Å². The lowest BCUT2D eigenvalue weighted by atomic mass is 10.0. The summed E-state index contributed by atoms with van der Waals surface area (Å²) < 4.78 is 0. The second kappa shape index (κ2) is 11.7. The molecule has 2 N–H and O–H groups in total. The van der Waals surface area contributed by atoms with Crippen molar-refractivity contribution < 1.29 is 10.2 Å². The van der Waals surface area contributed by atoms with Gasteiger partial charge in [0.2, 0.25) is 0 Å². The van der Waals surface area contributed by atoms with Gasteiger partial charge in [-0.3, -0.25) is 0 Å². The molecule has 2 rings (SSSR count). The number of hydrogen-bond donors (Lipinski definition) is 2. The molecule has 0 amide bonds. The van der Waals surface area contributed by atoms with Gasteiger partial charge in [-0.25, -0.2) is 0 Å². The average molecular weight is 349 g/mol. The summed E-state index contributed by atoms with van der Waals surface area (Å²) in [5.41, 5.74) is 2.66. The molecule has 23 heavy (non-hydrogen) atoms. The standard InChI is InChI=1S/C11H14OS.C7H6OS.CH4/c1-2-3-6-9-7-4-5-8-10(9)11(12)13;8-7(9)6-4-2-1-3-5-6;/h4-5,7-8H,2-3,6H2,1H3,(H,12,13);1-5H,(H,8,9);1H4. The maximum absolute atomic E-state index is 9.24. The Morgan fingerprint density at radius 1 is 0.870 bits per heavy atom. The van der Waals surface area contributed by atoms with Crippen LogP contribution in [0.4, 0.5) is 0 Å². The van der Waals surface area contributed by atoms with Crippen molar-refractivity contribution in [3.05, 3.63) is 71.3 Å². The van der Waals surface area contributed by atoms with E-state index in [1.807, 2.05) is 42.5 Å². The highest BCUT2D eigenvalue weighted by atomic mass is 32.1. The van der Waals surface area contributed by atoms with Crippen LogP contribution in [0.1, 0.15) is 43.9 Å². The number of hydrogen-bond acceptors (Lipinski definition) is 2. The Balaban J connectivity index is 0.000000427. The molecule has 2 aromatic carbocycles. The molecule has 0 unspecified atom stereocenters. The zero-order valence-electron chi connectivity index (χ0n) is 12.5. The number of aliphatic hydroxyl groups is 2. The van der Waals surface area contributed by atoms with Gasteiger partial charge < -0.3 is 10.2 Å². The SMILES string of the molecule is C.CCCCc1ccccc1C(O)=S.OC(=S)c1ccccc1. The molecule has 0 aromatic heterocycles. The highest BCUT2D eigenvalue weighted by Crippen LogP contribution is 2.12. The van der Waals surface area contributed by atoms with Gasteiger partial charge in [0.25, 0.3) is 0 Å². The molecule has 0 saturated carbocycles. The molecule has 0 atom stereocenters. The molecule has 0 aliphatic carbocycles. The van der Waals surface area contributed by atoms with Crippen molar-refractivity contribution in [1.82, 2.24) is 0 Å². The van der Waals surface area contributed by atoms with Crippen LogP contribution in [0.3, 0.4) is 0 Å². The van der Waals surface area contributed by atoms with Crippen LogP contribution >= 0.6 is 24.4 Å². The minimum atomic E-state index is -0.0457. The fourth-order valence-electron chi connectivity index (χ4n) is 1.89. The van der Waals surface area contributed by atoms with Gasteiger partial charge in [0.1, 0.15) is 0 Å². The summed E-state index contributed by atoms with van der Waals surface area (Å²) in [5.74, 6) is 0. The first-order chi connectivity index (χ1) is 10.6. The molecule has 0 aliphatic heterocycles. The Hall–Kier alpha value is -1.78. The Labute approximate surface area is 149 Å². The fraction of sp³-hybridized carbons (Fsp3) is 0.263. The van der Waals surface area contributed by atoms with Crippen molar-refractivity contribution >= 4 is 34.5 Å². The van der Waals surface area contributed by atoms with Crippen LogP contribution in [0, 0.1) is 0 Å². The molecule has 124 valence electrons. The van der Waals surface area contributed by atoms with Crippen molar-refractivity contribution in [2.75, 3.05) is 0 Å². The quantitative estimate of drug-likeness (QED) is 0.668. The predicted molar refractivity (Wildman–Crippen MR) is 107 cm³/mol. The fourth-order valence-corrected chi connectivity index (χ4v) is 2.23. The van der Waals surface area contributed by atoms with Gasteiger partial charge in [-0.15, -0.1) is 0 Å². The zero-order chi connectivity index (χ0) is 16.4. The number of aliphatic hydroxyl groups excluding tert-OH is 2. The van der Waals surface area contributed by atoms with E-state index in [1.54, 1.807) is 12.1 Å². The number of unbranched alkanes of at least 4 members (excludes halogenated alkanes) is 1. The smallest absolute Gasteiger partial charge is 0.188 e. The summed E-state index contributed by atoms with van der Waals surface area (Å²) in [6.07, 6.45) is 3.29. The third-order valence-electron chi connectivity index (χ3n) is 3.07. The molecule has 0 fully saturated rings. The summed E-state index contributed by atoms with van der Waals surface area (Å²) in [6, 6.07) is 16.8. The molecule has 4 heteroatoms. The summed E-state index contributed by atoms with van der Waals surface area (Å²) in [5, 5.41) is 18.0.